The molecule has 138 valence electrons. The second-order valence-corrected chi connectivity index (χ2v) is 7.83. The molecule has 27 heavy (non-hydrogen) atoms. The molecule has 0 radical (unpaired) electrons. The van der Waals surface area contributed by atoms with Crippen LogP contribution in [0.4, 0.5) is 0 Å². The Morgan fingerprint density at radius 1 is 1.07 bits per heavy atom. The quantitative estimate of drug-likeness (QED) is 0.676. The van der Waals surface area contributed by atoms with Gasteiger partial charge < -0.3 is 9.15 Å². The Kier molecular flexibility index (Phi) is 3.83. The Bertz CT molecular complexity index is 1100. The van der Waals surface area contributed by atoms with Gasteiger partial charge in [-0.3, -0.25) is 4.90 Å². The second-order valence-electron chi connectivity index (χ2n) is 7.83. The molecule has 4 nitrogen and oxygen atoms in total. The van der Waals surface area contributed by atoms with Crippen LogP contribution in [-0.4, -0.2) is 6.73 Å². The van der Waals surface area contributed by atoms with Crippen LogP contribution in [0.5, 0.6) is 5.75 Å². The van der Waals surface area contributed by atoms with Crippen molar-refractivity contribution in [3.05, 3.63) is 74.6 Å². The van der Waals surface area contributed by atoms with Crippen molar-refractivity contribution < 1.29 is 14.1 Å². The number of nitrogens with one attached hydrogen (secondary N) is 1. The summed E-state index contributed by atoms with van der Waals surface area (Å²) in [5.41, 5.74) is 6.06. The van der Waals surface area contributed by atoms with Gasteiger partial charge >= 0.3 is 5.63 Å². The lowest BCUT2D eigenvalue weighted by Crippen LogP contribution is -3.12. The minimum atomic E-state index is -0.247. The van der Waals surface area contributed by atoms with Crippen LogP contribution in [0.2, 0.25) is 0 Å². The van der Waals surface area contributed by atoms with E-state index in [1.165, 1.54) is 22.4 Å². The minimum Gasteiger partial charge on any atom is -0.445 e. The second kappa shape index (κ2) is 6.24. The lowest BCUT2D eigenvalue weighted by molar-refractivity contribution is -0.963. The molecule has 1 aliphatic heterocycles. The van der Waals surface area contributed by atoms with Crippen molar-refractivity contribution in [1.29, 1.82) is 0 Å². The van der Waals surface area contributed by atoms with Crippen LogP contribution < -0.4 is 15.3 Å². The van der Waals surface area contributed by atoms with Crippen molar-refractivity contribution in [2.45, 2.75) is 45.7 Å². The topological polar surface area (TPSA) is 43.9 Å². The van der Waals surface area contributed by atoms with E-state index in [2.05, 4.69) is 24.3 Å². The molecule has 2 heterocycles. The lowest BCUT2D eigenvalue weighted by atomic mass is 9.86. The maximum atomic E-state index is 12.3. The zero-order valence-electron chi connectivity index (χ0n) is 15.8. The van der Waals surface area contributed by atoms with Gasteiger partial charge in [0.25, 0.3) is 0 Å². The molecule has 2 aliphatic rings. The molecule has 4 heteroatoms. The van der Waals surface area contributed by atoms with Gasteiger partial charge in [-0.15, -0.1) is 0 Å². The first-order valence-electron chi connectivity index (χ1n) is 9.74. The zero-order valence-corrected chi connectivity index (χ0v) is 15.8. The number of hydrogen-bond donors (Lipinski definition) is 1. The van der Waals surface area contributed by atoms with Crippen LogP contribution in [-0.2, 0) is 13.0 Å². The van der Waals surface area contributed by atoms with E-state index in [-0.39, 0.29) is 5.63 Å². The molecule has 5 rings (SSSR count). The fourth-order valence-corrected chi connectivity index (χ4v) is 4.70. The maximum absolute atomic E-state index is 12.3. The van der Waals surface area contributed by atoms with Crippen molar-refractivity contribution in [1.82, 2.24) is 0 Å². The number of ether oxygens (including phenoxy) is 1. The van der Waals surface area contributed by atoms with E-state index >= 15 is 0 Å². The highest BCUT2D eigenvalue weighted by Gasteiger charge is 2.34. The van der Waals surface area contributed by atoms with Gasteiger partial charge in [0.2, 0.25) is 6.73 Å². The molecule has 1 aliphatic carbocycles. The number of quaternary nitrogens is 1. The molecule has 2 aromatic carbocycles. The fourth-order valence-electron chi connectivity index (χ4n) is 4.70. The van der Waals surface area contributed by atoms with Gasteiger partial charge in [0.05, 0.1) is 5.56 Å². The molecule has 0 spiro atoms. The highest BCUT2D eigenvalue weighted by atomic mass is 16.5. The van der Waals surface area contributed by atoms with Gasteiger partial charge in [-0.25, -0.2) is 4.79 Å². The molecular formula is C23H24NO3+. The van der Waals surface area contributed by atoms with Gasteiger partial charge in [-0.05, 0) is 49.9 Å². The average molecular weight is 362 g/mol. The smallest absolute Gasteiger partial charge is 0.339 e. The Labute approximate surface area is 158 Å². The van der Waals surface area contributed by atoms with Crippen LogP contribution in [0.3, 0.4) is 0 Å². The molecule has 0 saturated carbocycles. The van der Waals surface area contributed by atoms with Gasteiger partial charge in [0.15, 0.2) is 5.58 Å². The Morgan fingerprint density at radius 3 is 2.81 bits per heavy atom. The van der Waals surface area contributed by atoms with Crippen molar-refractivity contribution >= 4 is 11.0 Å². The van der Waals surface area contributed by atoms with Gasteiger partial charge in [-0.2, -0.15) is 0 Å². The molecule has 0 bridgehead atoms. The van der Waals surface area contributed by atoms with E-state index in [1.54, 1.807) is 0 Å². The van der Waals surface area contributed by atoms with E-state index in [4.69, 9.17) is 9.15 Å². The molecule has 0 fully saturated rings. The number of benzene rings is 2. The van der Waals surface area contributed by atoms with Gasteiger partial charge in [0.1, 0.15) is 18.3 Å². The highest BCUT2D eigenvalue weighted by Crippen LogP contribution is 2.33. The summed E-state index contributed by atoms with van der Waals surface area (Å²) >= 11 is 0. The number of hydrogen-bond acceptors (Lipinski definition) is 3. The Morgan fingerprint density at radius 2 is 1.93 bits per heavy atom. The summed E-state index contributed by atoms with van der Waals surface area (Å²) in [7, 11) is 0. The molecular weight excluding hydrogens is 338 g/mol. The van der Waals surface area contributed by atoms with E-state index < -0.39 is 0 Å². The van der Waals surface area contributed by atoms with E-state index in [0.717, 1.165) is 41.6 Å². The maximum Gasteiger partial charge on any atom is 0.339 e. The fraction of sp³-hybridized carbons (Fsp3) is 0.348. The van der Waals surface area contributed by atoms with Crippen molar-refractivity contribution in [3.63, 3.8) is 0 Å². The molecule has 3 aromatic rings. The minimum absolute atomic E-state index is 0.247. The third-order valence-electron chi connectivity index (χ3n) is 6.36. The molecule has 0 saturated heterocycles. The first-order valence-corrected chi connectivity index (χ1v) is 9.74. The monoisotopic (exact) mass is 362 g/mol. The average Bonchev–Trinajstić information content (AvgIpc) is 2.71. The predicted molar refractivity (Wildman–Crippen MR) is 104 cm³/mol. The van der Waals surface area contributed by atoms with Crippen molar-refractivity contribution in [2.24, 2.45) is 0 Å². The summed E-state index contributed by atoms with van der Waals surface area (Å²) in [5.74, 6) is 0.849. The summed E-state index contributed by atoms with van der Waals surface area (Å²) in [4.78, 5) is 13.7. The normalized spacial score (nSPS) is 21.4. The number of fused-ring (bicyclic) bond motifs is 4. The Balaban J connectivity index is 1.59. The van der Waals surface area contributed by atoms with Gasteiger partial charge in [-0.1, -0.05) is 24.3 Å². The van der Waals surface area contributed by atoms with Crippen LogP contribution in [0.25, 0.3) is 11.0 Å². The highest BCUT2D eigenvalue weighted by molar-refractivity contribution is 5.85. The van der Waals surface area contributed by atoms with Crippen molar-refractivity contribution in [3.8, 4) is 5.75 Å². The molecule has 1 unspecified atom stereocenters. The molecule has 1 aromatic heterocycles. The first kappa shape index (κ1) is 16.6. The third kappa shape index (κ3) is 2.59. The summed E-state index contributed by atoms with van der Waals surface area (Å²) in [6.07, 6.45) is 3.53. The first-order chi connectivity index (χ1) is 13.1. The van der Waals surface area contributed by atoms with Crippen molar-refractivity contribution in [2.75, 3.05) is 6.73 Å². The molecule has 1 N–H and O–H groups in total. The van der Waals surface area contributed by atoms with E-state index in [0.29, 0.717) is 23.9 Å². The summed E-state index contributed by atoms with van der Waals surface area (Å²) in [5, 5.41) is 1.01. The number of aryl methyl sites for hydroxylation is 2. The standard InChI is InChI=1S/C23H23NO3/c1-14-15(2)23(25)27-22-17(14)10-11-21-19(22)12-24(13-26-21)20-9-5-7-16-6-3-4-8-18(16)20/h3-4,6,8,10-11,20H,5,7,9,12-13H2,1-2H3/p+1/t20-/m0/s1. The summed E-state index contributed by atoms with van der Waals surface area (Å²) in [6, 6.07) is 13.2. The summed E-state index contributed by atoms with van der Waals surface area (Å²) < 4.78 is 11.9. The molecule has 2 atom stereocenters. The summed E-state index contributed by atoms with van der Waals surface area (Å²) in [6.45, 7) is 5.28. The largest absolute Gasteiger partial charge is 0.445 e. The zero-order chi connectivity index (χ0) is 18.5. The van der Waals surface area contributed by atoms with Crippen LogP contribution in [0, 0.1) is 13.8 Å². The SMILES string of the molecule is Cc1c(C)c2ccc3c(c2oc1=O)C[NH+]([C@H]1CCCc2ccccc21)CO3. The van der Waals surface area contributed by atoms with E-state index in [1.807, 2.05) is 26.0 Å². The van der Waals surface area contributed by atoms with E-state index in [9.17, 15) is 4.79 Å². The lowest BCUT2D eigenvalue weighted by Gasteiger charge is -2.35. The third-order valence-corrected chi connectivity index (χ3v) is 6.36. The Hall–Kier alpha value is -2.59. The predicted octanol–water partition coefficient (Wildman–Crippen LogP) is 3.22. The van der Waals surface area contributed by atoms with Gasteiger partial charge in [0, 0.05) is 22.9 Å². The molecule has 0 amide bonds. The van der Waals surface area contributed by atoms with Crippen LogP contribution in [0.1, 0.15) is 46.7 Å². The van der Waals surface area contributed by atoms with Crippen LogP contribution in [0.15, 0.2) is 45.6 Å². The van der Waals surface area contributed by atoms with Crippen LogP contribution >= 0.6 is 0 Å². The number of rotatable bonds is 1.